The number of aromatic nitrogens is 2. The molecule has 0 unspecified atom stereocenters. The van der Waals surface area contributed by atoms with Crippen LogP contribution in [-0.4, -0.2) is 42.7 Å². The molecule has 0 aliphatic heterocycles. The fourth-order valence-electron chi connectivity index (χ4n) is 2.18. The summed E-state index contributed by atoms with van der Waals surface area (Å²) < 4.78 is 21.6. The normalized spacial score (nSPS) is 10.5. The lowest BCUT2D eigenvalue weighted by atomic mass is 10.0. The summed E-state index contributed by atoms with van der Waals surface area (Å²) in [7, 11) is 3.12. The average molecular weight is 334 g/mol. The van der Waals surface area contributed by atoms with E-state index in [1.807, 2.05) is 13.0 Å². The van der Waals surface area contributed by atoms with Crippen LogP contribution in [0.25, 0.3) is 11.1 Å². The highest BCUT2D eigenvalue weighted by Crippen LogP contribution is 2.39. The Labute approximate surface area is 141 Å². The second-order valence-corrected chi connectivity index (χ2v) is 4.92. The predicted octanol–water partition coefficient (Wildman–Crippen LogP) is 2.42. The molecule has 1 aromatic heterocycles. The Morgan fingerprint density at radius 2 is 1.96 bits per heavy atom. The van der Waals surface area contributed by atoms with Gasteiger partial charge in [-0.2, -0.15) is 0 Å². The van der Waals surface area contributed by atoms with E-state index >= 15 is 0 Å². The summed E-state index contributed by atoms with van der Waals surface area (Å²) in [4.78, 5) is 8.35. The summed E-state index contributed by atoms with van der Waals surface area (Å²) >= 11 is 0. The van der Waals surface area contributed by atoms with Crippen molar-refractivity contribution in [2.75, 3.05) is 27.6 Å². The maximum atomic E-state index is 9.66. The van der Waals surface area contributed by atoms with E-state index in [4.69, 9.17) is 18.9 Å². The number of hydrogen-bond acceptors (Lipinski definition) is 7. The molecule has 0 saturated heterocycles. The Kier molecular flexibility index (Phi) is 6.77. The summed E-state index contributed by atoms with van der Waals surface area (Å²) in [6, 6.07) is 5.36. The van der Waals surface area contributed by atoms with Crippen LogP contribution >= 0.6 is 0 Å². The lowest BCUT2D eigenvalue weighted by molar-refractivity contribution is 0.0513. The molecule has 0 radical (unpaired) electrons. The van der Waals surface area contributed by atoms with Gasteiger partial charge in [0.1, 0.15) is 17.8 Å². The monoisotopic (exact) mass is 334 g/mol. The first-order chi connectivity index (χ1) is 11.7. The van der Waals surface area contributed by atoms with Gasteiger partial charge in [-0.25, -0.2) is 9.97 Å². The van der Waals surface area contributed by atoms with E-state index in [9.17, 15) is 5.11 Å². The van der Waals surface area contributed by atoms with E-state index in [1.165, 1.54) is 6.33 Å². The molecule has 2 aromatic rings. The number of methoxy groups -OCH3 is 2. The van der Waals surface area contributed by atoms with Crippen molar-refractivity contribution >= 4 is 0 Å². The maximum absolute atomic E-state index is 9.66. The first-order valence-corrected chi connectivity index (χ1v) is 7.62. The molecule has 0 saturated carbocycles. The second-order valence-electron chi connectivity index (χ2n) is 4.92. The number of hydrogen-bond donors (Lipinski definition) is 1. The molecule has 130 valence electrons. The highest BCUT2D eigenvalue weighted by atomic mass is 16.7. The van der Waals surface area contributed by atoms with E-state index < -0.39 is 0 Å². The van der Waals surface area contributed by atoms with Gasteiger partial charge in [-0.3, -0.25) is 0 Å². The van der Waals surface area contributed by atoms with Crippen molar-refractivity contribution in [3.8, 4) is 28.5 Å². The molecule has 7 heteroatoms. The van der Waals surface area contributed by atoms with Crippen LogP contribution in [0.5, 0.6) is 17.4 Å². The number of aliphatic hydroxyl groups is 1. The lowest BCUT2D eigenvalue weighted by Gasteiger charge is -2.16. The fourth-order valence-corrected chi connectivity index (χ4v) is 2.18. The third-order valence-electron chi connectivity index (χ3n) is 3.27. The highest BCUT2D eigenvalue weighted by Gasteiger charge is 2.19. The summed E-state index contributed by atoms with van der Waals surface area (Å²) in [6.45, 7) is 2.36. The van der Waals surface area contributed by atoms with E-state index in [2.05, 4.69) is 9.97 Å². The van der Waals surface area contributed by atoms with E-state index in [-0.39, 0.29) is 13.4 Å². The van der Waals surface area contributed by atoms with Gasteiger partial charge in [-0.15, -0.1) is 0 Å². The Balaban J connectivity index is 2.56. The fraction of sp³-hybridized carbons (Fsp3) is 0.412. The third kappa shape index (κ3) is 4.12. The third-order valence-corrected chi connectivity index (χ3v) is 3.27. The van der Waals surface area contributed by atoms with Gasteiger partial charge in [-0.1, -0.05) is 6.92 Å². The SMILES string of the molecule is CCCOc1ncnc(CO)c1-c1ccc(OC)cc1OCOC. The molecule has 2 rings (SSSR count). The van der Waals surface area contributed by atoms with Crippen molar-refractivity contribution in [1.29, 1.82) is 0 Å². The smallest absolute Gasteiger partial charge is 0.224 e. The quantitative estimate of drug-likeness (QED) is 0.705. The molecular weight excluding hydrogens is 312 g/mol. The van der Waals surface area contributed by atoms with Crippen LogP contribution in [0.3, 0.4) is 0 Å². The number of benzene rings is 1. The Morgan fingerprint density at radius 1 is 1.12 bits per heavy atom. The molecule has 0 fully saturated rings. The lowest BCUT2D eigenvalue weighted by Crippen LogP contribution is -2.06. The maximum Gasteiger partial charge on any atom is 0.224 e. The molecule has 24 heavy (non-hydrogen) atoms. The van der Waals surface area contributed by atoms with E-state index in [0.29, 0.717) is 40.8 Å². The van der Waals surface area contributed by atoms with Crippen LogP contribution in [0.2, 0.25) is 0 Å². The van der Waals surface area contributed by atoms with Crippen molar-refractivity contribution in [2.45, 2.75) is 20.0 Å². The summed E-state index contributed by atoms with van der Waals surface area (Å²) in [5.74, 6) is 1.58. The average Bonchev–Trinajstić information content (AvgIpc) is 2.64. The molecule has 1 N–H and O–H groups in total. The van der Waals surface area contributed by atoms with Crippen molar-refractivity contribution in [3.63, 3.8) is 0 Å². The molecule has 0 bridgehead atoms. The van der Waals surface area contributed by atoms with Gasteiger partial charge < -0.3 is 24.1 Å². The van der Waals surface area contributed by atoms with Gasteiger partial charge >= 0.3 is 0 Å². The molecule has 0 aliphatic rings. The van der Waals surface area contributed by atoms with Gasteiger partial charge in [-0.05, 0) is 18.6 Å². The standard InChI is InChI=1S/C17H22N2O5/c1-4-7-23-17-16(14(9-20)18-10-19-17)13-6-5-12(22-3)8-15(13)24-11-21-2/h5-6,8,10,20H,4,7,9,11H2,1-3H3. The molecular formula is C17H22N2O5. The minimum atomic E-state index is -0.240. The Hall–Kier alpha value is -2.38. The van der Waals surface area contributed by atoms with Gasteiger partial charge in [0, 0.05) is 18.7 Å². The van der Waals surface area contributed by atoms with Crippen LogP contribution in [-0.2, 0) is 11.3 Å². The molecule has 1 aromatic carbocycles. The minimum Gasteiger partial charge on any atom is -0.497 e. The van der Waals surface area contributed by atoms with E-state index in [1.54, 1.807) is 26.4 Å². The molecule has 0 aliphatic carbocycles. The topological polar surface area (TPSA) is 82.9 Å². The van der Waals surface area contributed by atoms with Crippen LogP contribution < -0.4 is 14.2 Å². The molecule has 0 atom stereocenters. The summed E-state index contributed by atoms with van der Waals surface area (Å²) in [6.07, 6.45) is 2.22. The van der Waals surface area contributed by atoms with Crippen molar-refractivity contribution < 1.29 is 24.1 Å². The number of nitrogens with zero attached hydrogens (tertiary/aromatic N) is 2. The van der Waals surface area contributed by atoms with Gasteiger partial charge in [0.15, 0.2) is 6.79 Å². The Bertz CT molecular complexity index is 663. The van der Waals surface area contributed by atoms with Crippen molar-refractivity contribution in [1.82, 2.24) is 9.97 Å². The van der Waals surface area contributed by atoms with Gasteiger partial charge in [0.05, 0.1) is 31.6 Å². The first-order valence-electron chi connectivity index (χ1n) is 7.62. The zero-order valence-corrected chi connectivity index (χ0v) is 14.1. The largest absolute Gasteiger partial charge is 0.497 e. The molecule has 7 nitrogen and oxygen atoms in total. The van der Waals surface area contributed by atoms with Crippen LogP contribution in [0, 0.1) is 0 Å². The zero-order chi connectivity index (χ0) is 17.4. The zero-order valence-electron chi connectivity index (χ0n) is 14.1. The van der Waals surface area contributed by atoms with E-state index in [0.717, 1.165) is 6.42 Å². The van der Waals surface area contributed by atoms with Crippen LogP contribution in [0.1, 0.15) is 19.0 Å². The summed E-state index contributed by atoms with van der Waals surface area (Å²) in [5.41, 5.74) is 1.76. The van der Waals surface area contributed by atoms with Crippen LogP contribution in [0.4, 0.5) is 0 Å². The van der Waals surface area contributed by atoms with Crippen molar-refractivity contribution in [2.24, 2.45) is 0 Å². The molecule has 0 amide bonds. The van der Waals surface area contributed by atoms with Gasteiger partial charge in [0.2, 0.25) is 5.88 Å². The first kappa shape index (κ1) is 18.0. The molecule has 1 heterocycles. The second kappa shape index (κ2) is 9.05. The number of aliphatic hydroxyl groups excluding tert-OH is 1. The molecule has 0 spiro atoms. The predicted molar refractivity (Wildman–Crippen MR) is 88.2 cm³/mol. The number of ether oxygens (including phenoxy) is 4. The van der Waals surface area contributed by atoms with Gasteiger partial charge in [0.25, 0.3) is 0 Å². The highest BCUT2D eigenvalue weighted by molar-refractivity contribution is 5.77. The van der Waals surface area contributed by atoms with Crippen molar-refractivity contribution in [3.05, 3.63) is 30.2 Å². The van der Waals surface area contributed by atoms with Crippen LogP contribution in [0.15, 0.2) is 24.5 Å². The Morgan fingerprint density at radius 3 is 2.62 bits per heavy atom. The minimum absolute atomic E-state index is 0.0769. The number of rotatable bonds is 9. The summed E-state index contributed by atoms with van der Waals surface area (Å²) in [5, 5.41) is 9.66.